The van der Waals surface area contributed by atoms with Gasteiger partial charge in [0.1, 0.15) is 5.82 Å². The molecule has 1 aromatic carbocycles. The molecule has 1 rings (SSSR count). The van der Waals surface area contributed by atoms with Crippen molar-refractivity contribution in [2.24, 2.45) is 5.14 Å². The number of benzene rings is 1. The highest BCUT2D eigenvalue weighted by Gasteiger charge is 2.12. The summed E-state index contributed by atoms with van der Waals surface area (Å²) in [5.41, 5.74) is -0.150. The van der Waals surface area contributed by atoms with Crippen molar-refractivity contribution in [2.75, 3.05) is 12.3 Å². The molecule has 8 heteroatoms. The fraction of sp³-hybridized carbons (Fsp3) is 0.222. The van der Waals surface area contributed by atoms with Crippen molar-refractivity contribution in [1.82, 2.24) is 5.32 Å². The minimum absolute atomic E-state index is 0.150. The van der Waals surface area contributed by atoms with Gasteiger partial charge in [0.15, 0.2) is 0 Å². The van der Waals surface area contributed by atoms with E-state index in [9.17, 15) is 17.6 Å². The van der Waals surface area contributed by atoms with E-state index in [4.69, 9.17) is 5.14 Å². The van der Waals surface area contributed by atoms with Gasteiger partial charge in [-0.1, -0.05) is 15.9 Å². The number of hydrogen-bond donors (Lipinski definition) is 2. The van der Waals surface area contributed by atoms with Crippen LogP contribution in [0.4, 0.5) is 4.39 Å². The Morgan fingerprint density at radius 2 is 2.12 bits per heavy atom. The van der Waals surface area contributed by atoms with Crippen LogP contribution in [0.3, 0.4) is 0 Å². The molecule has 0 aliphatic rings. The highest BCUT2D eigenvalue weighted by molar-refractivity contribution is 9.10. The molecular formula is C9H10BrFN2O3S. The fourth-order valence-electron chi connectivity index (χ4n) is 1.08. The number of halogens is 2. The number of sulfonamides is 1. The van der Waals surface area contributed by atoms with Gasteiger partial charge in [0, 0.05) is 11.0 Å². The Morgan fingerprint density at radius 3 is 2.65 bits per heavy atom. The molecule has 0 unspecified atom stereocenters. The van der Waals surface area contributed by atoms with Crippen LogP contribution >= 0.6 is 15.9 Å². The Kier molecular flexibility index (Phi) is 4.61. The number of primary sulfonamides is 1. The summed E-state index contributed by atoms with van der Waals surface area (Å²) in [5.74, 6) is -1.76. The van der Waals surface area contributed by atoms with Gasteiger partial charge < -0.3 is 5.32 Å². The molecule has 0 fully saturated rings. The number of carbonyl (C=O) groups excluding carboxylic acids is 1. The molecule has 5 nitrogen and oxygen atoms in total. The summed E-state index contributed by atoms with van der Waals surface area (Å²) in [7, 11) is -3.63. The van der Waals surface area contributed by atoms with Gasteiger partial charge in [0.05, 0.1) is 11.3 Å². The molecule has 1 amide bonds. The summed E-state index contributed by atoms with van der Waals surface area (Å²) in [6, 6.07) is 3.96. The number of carbonyl (C=O) groups is 1. The first-order chi connectivity index (χ1) is 7.79. The minimum Gasteiger partial charge on any atom is -0.351 e. The van der Waals surface area contributed by atoms with E-state index in [1.54, 1.807) is 0 Å². The van der Waals surface area contributed by atoms with E-state index in [-0.39, 0.29) is 12.1 Å². The third-order valence-corrected chi connectivity index (χ3v) is 3.11. The van der Waals surface area contributed by atoms with Crippen LogP contribution in [0, 0.1) is 5.82 Å². The van der Waals surface area contributed by atoms with Gasteiger partial charge >= 0.3 is 0 Å². The predicted octanol–water partition coefficient (Wildman–Crippen LogP) is 0.607. The van der Waals surface area contributed by atoms with Gasteiger partial charge in [0.25, 0.3) is 5.91 Å². The Bertz CT molecular complexity index is 533. The molecule has 0 bridgehead atoms. The molecule has 3 N–H and O–H groups in total. The van der Waals surface area contributed by atoms with Crippen molar-refractivity contribution in [1.29, 1.82) is 0 Å². The molecule has 0 saturated heterocycles. The summed E-state index contributed by atoms with van der Waals surface area (Å²) in [5, 5.41) is 7.01. The van der Waals surface area contributed by atoms with E-state index in [2.05, 4.69) is 21.2 Å². The molecular weight excluding hydrogens is 315 g/mol. The highest BCUT2D eigenvalue weighted by atomic mass is 79.9. The van der Waals surface area contributed by atoms with Crippen LogP contribution in [-0.4, -0.2) is 26.6 Å². The van der Waals surface area contributed by atoms with E-state index in [0.717, 1.165) is 6.07 Å². The molecule has 0 heterocycles. The molecule has 0 aliphatic heterocycles. The van der Waals surface area contributed by atoms with Gasteiger partial charge in [-0.3, -0.25) is 4.79 Å². The summed E-state index contributed by atoms with van der Waals surface area (Å²) in [6.07, 6.45) is 0. The fourth-order valence-corrected chi connectivity index (χ4v) is 1.80. The molecule has 0 spiro atoms. The maximum Gasteiger partial charge on any atom is 0.254 e. The monoisotopic (exact) mass is 324 g/mol. The molecule has 0 radical (unpaired) electrons. The smallest absolute Gasteiger partial charge is 0.254 e. The van der Waals surface area contributed by atoms with Gasteiger partial charge in [-0.15, -0.1) is 0 Å². The molecule has 0 aliphatic carbocycles. The van der Waals surface area contributed by atoms with Crippen LogP contribution in [0.1, 0.15) is 10.4 Å². The Balaban J connectivity index is 2.65. The second-order valence-electron chi connectivity index (χ2n) is 3.25. The van der Waals surface area contributed by atoms with Gasteiger partial charge in [0.2, 0.25) is 10.0 Å². The zero-order valence-corrected chi connectivity index (χ0v) is 11.0. The first-order valence-electron chi connectivity index (χ1n) is 4.53. The molecule has 1 aromatic rings. The summed E-state index contributed by atoms with van der Waals surface area (Å²) >= 11 is 3.06. The molecule has 94 valence electrons. The highest BCUT2D eigenvalue weighted by Crippen LogP contribution is 2.14. The van der Waals surface area contributed by atoms with Crippen molar-refractivity contribution < 1.29 is 17.6 Å². The SMILES string of the molecule is NS(=O)(=O)CCNC(=O)c1ccc(Br)cc1F. The lowest BCUT2D eigenvalue weighted by Crippen LogP contribution is -2.31. The van der Waals surface area contributed by atoms with Crippen molar-refractivity contribution in [3.8, 4) is 0 Å². The molecule has 0 saturated carbocycles. The predicted molar refractivity (Wildman–Crippen MR) is 64.4 cm³/mol. The Morgan fingerprint density at radius 1 is 1.47 bits per heavy atom. The number of hydrogen-bond acceptors (Lipinski definition) is 3. The van der Waals surface area contributed by atoms with Crippen LogP contribution < -0.4 is 10.5 Å². The zero-order valence-electron chi connectivity index (χ0n) is 8.61. The lowest BCUT2D eigenvalue weighted by atomic mass is 10.2. The third-order valence-electron chi connectivity index (χ3n) is 1.85. The topological polar surface area (TPSA) is 89.3 Å². The van der Waals surface area contributed by atoms with Crippen molar-refractivity contribution in [2.45, 2.75) is 0 Å². The zero-order chi connectivity index (χ0) is 13.1. The number of rotatable bonds is 4. The van der Waals surface area contributed by atoms with E-state index in [1.807, 2.05) is 0 Å². The van der Waals surface area contributed by atoms with Crippen LogP contribution in [0.5, 0.6) is 0 Å². The number of amides is 1. The van der Waals surface area contributed by atoms with Crippen molar-refractivity contribution >= 4 is 31.9 Å². The average Bonchev–Trinajstić information content (AvgIpc) is 2.15. The molecule has 0 aromatic heterocycles. The van der Waals surface area contributed by atoms with Crippen LogP contribution in [0.25, 0.3) is 0 Å². The Labute approximate surface area is 106 Å². The first kappa shape index (κ1) is 14.1. The third kappa shape index (κ3) is 4.80. The normalized spacial score (nSPS) is 11.2. The van der Waals surface area contributed by atoms with Crippen molar-refractivity contribution in [3.63, 3.8) is 0 Å². The van der Waals surface area contributed by atoms with Gasteiger partial charge in [-0.05, 0) is 18.2 Å². The first-order valence-corrected chi connectivity index (χ1v) is 7.04. The lowest BCUT2D eigenvalue weighted by molar-refractivity contribution is 0.0952. The summed E-state index contributed by atoms with van der Waals surface area (Å²) in [4.78, 5) is 11.5. The maximum absolute atomic E-state index is 13.3. The summed E-state index contributed by atoms with van der Waals surface area (Å²) < 4.78 is 35.1. The average molecular weight is 325 g/mol. The molecule has 17 heavy (non-hydrogen) atoms. The van der Waals surface area contributed by atoms with E-state index in [1.165, 1.54) is 12.1 Å². The van der Waals surface area contributed by atoms with Gasteiger partial charge in [-0.25, -0.2) is 17.9 Å². The van der Waals surface area contributed by atoms with E-state index < -0.39 is 27.5 Å². The standard InChI is InChI=1S/C9H10BrFN2O3S/c10-6-1-2-7(8(11)5-6)9(14)13-3-4-17(12,15)16/h1-2,5H,3-4H2,(H,13,14)(H2,12,15,16). The second kappa shape index (κ2) is 5.56. The quantitative estimate of drug-likeness (QED) is 0.850. The van der Waals surface area contributed by atoms with Crippen LogP contribution in [-0.2, 0) is 10.0 Å². The van der Waals surface area contributed by atoms with Crippen molar-refractivity contribution in [3.05, 3.63) is 34.1 Å². The summed E-state index contributed by atoms with van der Waals surface area (Å²) in [6.45, 7) is -0.160. The maximum atomic E-state index is 13.3. The second-order valence-corrected chi connectivity index (χ2v) is 5.90. The number of nitrogens with two attached hydrogens (primary N) is 1. The van der Waals surface area contributed by atoms with Gasteiger partial charge in [-0.2, -0.15) is 0 Å². The minimum atomic E-state index is -3.63. The lowest BCUT2D eigenvalue weighted by Gasteiger charge is -2.05. The van der Waals surface area contributed by atoms with E-state index >= 15 is 0 Å². The molecule has 0 atom stereocenters. The number of nitrogens with one attached hydrogen (secondary N) is 1. The Hall–Kier alpha value is -0.990. The largest absolute Gasteiger partial charge is 0.351 e. The van der Waals surface area contributed by atoms with Crippen LogP contribution in [0.2, 0.25) is 0 Å². The van der Waals surface area contributed by atoms with Crippen LogP contribution in [0.15, 0.2) is 22.7 Å². The van der Waals surface area contributed by atoms with E-state index in [0.29, 0.717) is 4.47 Å².